The fourth-order valence-corrected chi connectivity index (χ4v) is 4.18. The van der Waals surface area contributed by atoms with Gasteiger partial charge in [0.2, 0.25) is 0 Å². The average Bonchev–Trinajstić information content (AvgIpc) is 2.83. The minimum Gasteiger partial charge on any atom is -0.494 e. The Kier molecular flexibility index (Phi) is 5.09. The molecule has 4 nitrogen and oxygen atoms in total. The van der Waals surface area contributed by atoms with Crippen molar-refractivity contribution in [1.82, 2.24) is 9.78 Å². The van der Waals surface area contributed by atoms with Gasteiger partial charge in [0.25, 0.3) is 0 Å². The molecule has 1 aliphatic heterocycles. The van der Waals surface area contributed by atoms with Crippen molar-refractivity contribution in [3.05, 3.63) is 56.6 Å². The molecule has 1 aliphatic rings. The van der Waals surface area contributed by atoms with Gasteiger partial charge in [-0.2, -0.15) is 5.10 Å². The molecule has 1 N–H and O–H groups in total. The van der Waals surface area contributed by atoms with Gasteiger partial charge >= 0.3 is 0 Å². The molecule has 3 aromatic rings. The molecule has 1 aromatic heterocycles. The van der Waals surface area contributed by atoms with Crippen molar-refractivity contribution in [2.75, 3.05) is 19.0 Å². The van der Waals surface area contributed by atoms with Gasteiger partial charge in [0, 0.05) is 26.3 Å². The fraction of sp³-hybridized carbons (Fsp3) is 0.250. The number of hydrogen-bond donors (Lipinski definition) is 1. The van der Waals surface area contributed by atoms with Gasteiger partial charge in [-0.15, -0.1) is 0 Å². The lowest BCUT2D eigenvalue weighted by Gasteiger charge is -2.13. The minimum atomic E-state index is 0.662. The molecule has 4 rings (SSSR count). The number of nitrogens with one attached hydrogen (secondary N) is 1. The van der Waals surface area contributed by atoms with Crippen LogP contribution in [-0.2, 0) is 6.42 Å². The Morgan fingerprint density at radius 1 is 1.19 bits per heavy atom. The molecule has 0 radical (unpaired) electrons. The van der Waals surface area contributed by atoms with E-state index in [4.69, 9.17) is 21.4 Å². The first-order chi connectivity index (χ1) is 12.7. The van der Waals surface area contributed by atoms with Gasteiger partial charge in [-0.3, -0.25) is 0 Å². The predicted molar refractivity (Wildman–Crippen MR) is 115 cm³/mol. The molecule has 134 valence electrons. The van der Waals surface area contributed by atoms with Gasteiger partial charge in [0.05, 0.1) is 12.8 Å². The van der Waals surface area contributed by atoms with Crippen LogP contribution in [0.4, 0.5) is 5.82 Å². The van der Waals surface area contributed by atoms with Gasteiger partial charge in [0.1, 0.15) is 17.3 Å². The minimum absolute atomic E-state index is 0.662. The Balaban J connectivity index is 1.97. The van der Waals surface area contributed by atoms with E-state index in [1.807, 2.05) is 22.9 Å². The summed E-state index contributed by atoms with van der Waals surface area (Å²) in [5.41, 5.74) is 4.30. The van der Waals surface area contributed by atoms with Gasteiger partial charge in [0.15, 0.2) is 0 Å². The van der Waals surface area contributed by atoms with Crippen LogP contribution in [-0.4, -0.2) is 23.4 Å². The molecule has 0 atom stereocenters. The van der Waals surface area contributed by atoms with E-state index in [0.717, 1.165) is 54.3 Å². The number of aromatic nitrogens is 2. The number of benzene rings is 2. The van der Waals surface area contributed by atoms with Crippen LogP contribution in [0.3, 0.4) is 0 Å². The van der Waals surface area contributed by atoms with E-state index < -0.39 is 0 Å². The zero-order valence-electron chi connectivity index (χ0n) is 14.4. The van der Waals surface area contributed by atoms with Crippen molar-refractivity contribution < 1.29 is 4.74 Å². The Hall–Kier alpha value is -1.73. The largest absolute Gasteiger partial charge is 0.494 e. The summed E-state index contributed by atoms with van der Waals surface area (Å²) in [4.78, 5) is 0. The third-order valence-corrected chi connectivity index (χ3v) is 5.80. The van der Waals surface area contributed by atoms with Gasteiger partial charge in [-0.05, 0) is 66.1 Å². The molecular formula is C20H19ClIN3O. The Labute approximate surface area is 171 Å². The van der Waals surface area contributed by atoms with Crippen LogP contribution < -0.4 is 10.1 Å². The number of fused-ring (bicyclic) bond motifs is 1. The van der Waals surface area contributed by atoms with Gasteiger partial charge in [-0.1, -0.05) is 29.8 Å². The number of halogens is 2. The van der Waals surface area contributed by atoms with Crippen LogP contribution in [0.5, 0.6) is 5.75 Å². The maximum absolute atomic E-state index is 6.27. The number of ether oxygens (including phenoxy) is 1. The van der Waals surface area contributed by atoms with Gasteiger partial charge in [-0.25, -0.2) is 4.68 Å². The fourth-order valence-electron chi connectivity index (χ4n) is 3.37. The summed E-state index contributed by atoms with van der Waals surface area (Å²) in [5, 5.41) is 9.23. The summed E-state index contributed by atoms with van der Waals surface area (Å²) in [6.45, 7) is 0.937. The van der Waals surface area contributed by atoms with E-state index >= 15 is 0 Å². The highest BCUT2D eigenvalue weighted by Crippen LogP contribution is 2.38. The van der Waals surface area contributed by atoms with Crippen molar-refractivity contribution in [3.63, 3.8) is 0 Å². The smallest absolute Gasteiger partial charge is 0.144 e. The summed E-state index contributed by atoms with van der Waals surface area (Å²) in [5.74, 6) is 1.79. The summed E-state index contributed by atoms with van der Waals surface area (Å²) in [6, 6.07) is 14.0. The maximum atomic E-state index is 6.27. The lowest BCUT2D eigenvalue weighted by atomic mass is 10.0. The molecule has 6 heteroatoms. The maximum Gasteiger partial charge on any atom is 0.144 e. The topological polar surface area (TPSA) is 39.1 Å². The van der Waals surface area contributed by atoms with E-state index in [2.05, 4.69) is 52.2 Å². The molecular weight excluding hydrogens is 461 g/mol. The summed E-state index contributed by atoms with van der Waals surface area (Å²) < 4.78 is 8.71. The van der Waals surface area contributed by atoms with E-state index in [1.54, 1.807) is 7.11 Å². The molecule has 2 heterocycles. The highest BCUT2D eigenvalue weighted by molar-refractivity contribution is 14.1. The van der Waals surface area contributed by atoms with E-state index in [1.165, 1.54) is 9.13 Å². The number of nitrogens with zero attached hydrogens (tertiary/aromatic N) is 2. The lowest BCUT2D eigenvalue weighted by molar-refractivity contribution is 0.412. The van der Waals surface area contributed by atoms with E-state index in [-0.39, 0.29) is 0 Å². The monoisotopic (exact) mass is 479 g/mol. The second-order valence-corrected chi connectivity index (χ2v) is 7.87. The van der Waals surface area contributed by atoms with Crippen LogP contribution in [0.2, 0.25) is 5.02 Å². The van der Waals surface area contributed by atoms with E-state index in [0.29, 0.717) is 5.02 Å². The second kappa shape index (κ2) is 7.48. The van der Waals surface area contributed by atoms with Crippen molar-refractivity contribution in [2.45, 2.75) is 19.3 Å². The highest BCUT2D eigenvalue weighted by Gasteiger charge is 2.24. The molecule has 26 heavy (non-hydrogen) atoms. The van der Waals surface area contributed by atoms with Crippen LogP contribution in [0.1, 0.15) is 18.4 Å². The molecule has 0 saturated heterocycles. The molecule has 2 aromatic carbocycles. The van der Waals surface area contributed by atoms with Crippen molar-refractivity contribution >= 4 is 40.0 Å². The first-order valence-corrected chi connectivity index (χ1v) is 10.1. The third-order valence-electron chi connectivity index (χ3n) is 4.63. The van der Waals surface area contributed by atoms with Crippen LogP contribution in [0, 0.1) is 3.57 Å². The molecule has 0 aliphatic carbocycles. The van der Waals surface area contributed by atoms with Crippen LogP contribution in [0.15, 0.2) is 42.5 Å². The molecule has 0 saturated carbocycles. The standard InChI is InChI=1S/C20H19ClIN3O/c1-26-18-10-9-13(21)12-17(18)25-20-15(7-4-5-11-23-20)19(24-25)14-6-2-3-8-16(14)22/h2-3,6,8-10,12,23H,4-5,7,11H2,1H3. The summed E-state index contributed by atoms with van der Waals surface area (Å²) in [7, 11) is 1.67. The molecule has 0 bridgehead atoms. The summed E-state index contributed by atoms with van der Waals surface area (Å²) in [6.07, 6.45) is 3.30. The average molecular weight is 480 g/mol. The van der Waals surface area contributed by atoms with Crippen LogP contribution in [0.25, 0.3) is 16.9 Å². The number of rotatable bonds is 3. The quantitative estimate of drug-likeness (QED) is 0.500. The Morgan fingerprint density at radius 2 is 2.04 bits per heavy atom. The molecule has 0 fully saturated rings. The van der Waals surface area contributed by atoms with Crippen molar-refractivity contribution in [2.24, 2.45) is 0 Å². The van der Waals surface area contributed by atoms with Crippen LogP contribution >= 0.6 is 34.2 Å². The Bertz CT molecular complexity index is 954. The third kappa shape index (κ3) is 3.18. The first kappa shape index (κ1) is 17.7. The lowest BCUT2D eigenvalue weighted by Crippen LogP contribution is -2.08. The predicted octanol–water partition coefficient (Wildman–Crippen LogP) is 5.55. The zero-order chi connectivity index (χ0) is 18.1. The molecule has 0 spiro atoms. The number of hydrogen-bond acceptors (Lipinski definition) is 3. The number of anilines is 1. The SMILES string of the molecule is COc1ccc(Cl)cc1-n1nc(-c2ccccc2I)c2c1NCCCC2. The number of methoxy groups -OCH3 is 1. The van der Waals surface area contributed by atoms with Gasteiger partial charge < -0.3 is 10.1 Å². The zero-order valence-corrected chi connectivity index (χ0v) is 17.3. The second-order valence-electron chi connectivity index (χ2n) is 6.27. The van der Waals surface area contributed by atoms with Crippen molar-refractivity contribution in [3.8, 4) is 22.7 Å². The van der Waals surface area contributed by atoms with Crippen molar-refractivity contribution in [1.29, 1.82) is 0 Å². The normalized spacial score (nSPS) is 13.7. The summed E-state index contributed by atoms with van der Waals surface area (Å²) >= 11 is 8.65. The Morgan fingerprint density at radius 3 is 2.85 bits per heavy atom. The first-order valence-electron chi connectivity index (χ1n) is 8.63. The van der Waals surface area contributed by atoms with E-state index in [9.17, 15) is 0 Å². The molecule has 0 amide bonds. The molecule has 0 unspecified atom stereocenters. The highest BCUT2D eigenvalue weighted by atomic mass is 127.